The second kappa shape index (κ2) is 8.21. The number of aromatic nitrogens is 1. The molecule has 0 fully saturated rings. The van der Waals surface area contributed by atoms with E-state index in [1.807, 2.05) is 0 Å². The number of carbonyl (C=O) groups excluding carboxylic acids is 3. The van der Waals surface area contributed by atoms with E-state index in [9.17, 15) is 19.6 Å². The number of anilines is 1. The zero-order chi connectivity index (χ0) is 21.3. The summed E-state index contributed by atoms with van der Waals surface area (Å²) in [7, 11) is 0. The Morgan fingerprint density at radius 1 is 1.34 bits per heavy atom. The fraction of sp³-hybridized carbons (Fsp3) is 0.429. The lowest BCUT2D eigenvalue weighted by Gasteiger charge is -2.17. The second-order valence-corrected chi connectivity index (χ2v) is 8.58. The van der Waals surface area contributed by atoms with Crippen molar-refractivity contribution in [2.75, 3.05) is 11.9 Å². The minimum atomic E-state index is -0.701. The Kier molecular flexibility index (Phi) is 5.89. The Morgan fingerprint density at radius 2 is 2.07 bits per heavy atom. The predicted octanol–water partition coefficient (Wildman–Crippen LogP) is 3.69. The number of ether oxygens (including phenoxy) is 1. The van der Waals surface area contributed by atoms with Crippen LogP contribution < -0.4 is 5.32 Å². The number of carbonyl (C=O) groups is 3. The van der Waals surface area contributed by atoms with Gasteiger partial charge >= 0.3 is 5.97 Å². The average molecular weight is 413 g/mol. The normalized spacial score (nSPS) is 15.3. The number of esters is 1. The summed E-state index contributed by atoms with van der Waals surface area (Å²) in [6.45, 7) is 6.49. The van der Waals surface area contributed by atoms with Crippen molar-refractivity contribution < 1.29 is 19.1 Å². The third-order valence-electron chi connectivity index (χ3n) is 5.20. The van der Waals surface area contributed by atoms with Crippen molar-refractivity contribution in [3.05, 3.63) is 38.5 Å². The highest BCUT2D eigenvalue weighted by atomic mass is 32.1. The molecule has 8 heteroatoms. The topological polar surface area (TPSA) is 112 Å². The zero-order valence-corrected chi connectivity index (χ0v) is 17.7. The van der Waals surface area contributed by atoms with Crippen LogP contribution in [0.5, 0.6) is 0 Å². The molecule has 0 saturated heterocycles. The van der Waals surface area contributed by atoms with Gasteiger partial charge in [-0.3, -0.25) is 9.59 Å². The molecular weight excluding hydrogens is 390 g/mol. The van der Waals surface area contributed by atoms with Crippen molar-refractivity contribution >= 4 is 34.0 Å². The molecular formula is C21H23N3O4S. The first-order chi connectivity index (χ1) is 13.7. The lowest BCUT2D eigenvalue weighted by Crippen LogP contribution is -2.21. The summed E-state index contributed by atoms with van der Waals surface area (Å²) >= 11 is 1.42. The monoisotopic (exact) mass is 413 g/mol. The molecule has 2 aromatic rings. The van der Waals surface area contributed by atoms with Crippen molar-refractivity contribution in [1.82, 2.24) is 4.98 Å². The number of nitriles is 1. The zero-order valence-electron chi connectivity index (χ0n) is 16.9. The van der Waals surface area contributed by atoms with Gasteiger partial charge in [0.1, 0.15) is 16.8 Å². The van der Waals surface area contributed by atoms with Gasteiger partial charge in [0.05, 0.1) is 5.56 Å². The third kappa shape index (κ3) is 4.10. The second-order valence-electron chi connectivity index (χ2n) is 7.47. The van der Waals surface area contributed by atoms with Gasteiger partial charge in [0.15, 0.2) is 12.4 Å². The van der Waals surface area contributed by atoms with E-state index in [0.717, 1.165) is 29.7 Å². The summed E-state index contributed by atoms with van der Waals surface area (Å²) in [5.74, 6) is -0.792. The third-order valence-corrected chi connectivity index (χ3v) is 6.37. The van der Waals surface area contributed by atoms with E-state index in [1.54, 1.807) is 13.8 Å². The molecule has 1 atom stereocenters. The number of amides is 1. The molecule has 0 saturated carbocycles. The number of nitrogens with zero attached hydrogens (tertiary/aromatic N) is 1. The van der Waals surface area contributed by atoms with Crippen molar-refractivity contribution in [1.29, 1.82) is 5.26 Å². The maximum absolute atomic E-state index is 12.3. The smallest absolute Gasteiger partial charge is 0.355 e. The van der Waals surface area contributed by atoms with E-state index in [0.29, 0.717) is 33.3 Å². The first-order valence-corrected chi connectivity index (χ1v) is 10.3. The van der Waals surface area contributed by atoms with Crippen LogP contribution in [-0.2, 0) is 22.4 Å². The Labute approximate surface area is 173 Å². The molecule has 0 aromatic carbocycles. The highest BCUT2D eigenvalue weighted by Crippen LogP contribution is 2.39. The van der Waals surface area contributed by atoms with Crippen molar-refractivity contribution in [2.45, 2.75) is 47.0 Å². The van der Waals surface area contributed by atoms with Gasteiger partial charge in [-0.25, -0.2) is 4.79 Å². The van der Waals surface area contributed by atoms with E-state index in [2.05, 4.69) is 23.3 Å². The molecule has 1 aliphatic rings. The summed E-state index contributed by atoms with van der Waals surface area (Å²) in [6.07, 6.45) is 2.77. The highest BCUT2D eigenvalue weighted by molar-refractivity contribution is 7.16. The average Bonchev–Trinajstić information content (AvgIpc) is 3.14. The molecule has 0 spiro atoms. The van der Waals surface area contributed by atoms with Crippen LogP contribution >= 0.6 is 11.3 Å². The number of aromatic amines is 1. The van der Waals surface area contributed by atoms with E-state index in [4.69, 9.17) is 4.74 Å². The quantitative estimate of drug-likeness (QED) is 0.573. The standard InChI is InChI=1S/C21H23N3O4S/c1-10-5-6-14-15(8-22)20(29-16(14)7-10)24-17(26)9-28-21(27)19-11(2)18(13(4)25)12(3)23-19/h10,23H,5-7,9H2,1-4H3,(H,24,26)/t10-/m0/s1. The molecule has 152 valence electrons. The van der Waals surface area contributed by atoms with Crippen LogP contribution in [0.2, 0.25) is 0 Å². The Balaban J connectivity index is 1.67. The van der Waals surface area contributed by atoms with Crippen LogP contribution in [-0.4, -0.2) is 29.3 Å². The highest BCUT2D eigenvalue weighted by Gasteiger charge is 2.25. The molecule has 2 aromatic heterocycles. The Bertz CT molecular complexity index is 1040. The van der Waals surface area contributed by atoms with Gasteiger partial charge in [0.25, 0.3) is 5.91 Å². The summed E-state index contributed by atoms with van der Waals surface area (Å²) in [5.41, 5.74) is 3.25. The molecule has 0 bridgehead atoms. The van der Waals surface area contributed by atoms with Crippen LogP contribution in [0.1, 0.15) is 68.4 Å². The molecule has 29 heavy (non-hydrogen) atoms. The van der Waals surface area contributed by atoms with Gasteiger partial charge in [-0.1, -0.05) is 6.92 Å². The van der Waals surface area contributed by atoms with E-state index in [1.165, 1.54) is 18.3 Å². The molecule has 7 nitrogen and oxygen atoms in total. The van der Waals surface area contributed by atoms with E-state index < -0.39 is 18.5 Å². The summed E-state index contributed by atoms with van der Waals surface area (Å²) < 4.78 is 5.11. The molecule has 0 radical (unpaired) electrons. The number of H-pyrrole nitrogens is 1. The lowest BCUT2D eigenvalue weighted by atomic mass is 9.89. The number of thiophene rings is 1. The SMILES string of the molecule is CC(=O)c1c(C)[nH]c(C(=O)OCC(=O)Nc2sc3c(c2C#N)CC[C@H](C)C3)c1C. The summed E-state index contributed by atoms with van der Waals surface area (Å²) in [6, 6.07) is 2.19. The van der Waals surface area contributed by atoms with Gasteiger partial charge in [0, 0.05) is 16.1 Å². The molecule has 1 amide bonds. The number of ketones is 1. The fourth-order valence-corrected chi connectivity index (χ4v) is 5.18. The van der Waals surface area contributed by atoms with Gasteiger partial charge in [0.2, 0.25) is 0 Å². The molecule has 2 heterocycles. The molecule has 1 aliphatic carbocycles. The number of nitrogens with one attached hydrogen (secondary N) is 2. The summed E-state index contributed by atoms with van der Waals surface area (Å²) in [4.78, 5) is 40.3. The first-order valence-electron chi connectivity index (χ1n) is 9.44. The van der Waals surface area contributed by atoms with Crippen molar-refractivity contribution in [2.24, 2.45) is 5.92 Å². The Hall–Kier alpha value is -2.92. The van der Waals surface area contributed by atoms with Crippen LogP contribution in [0, 0.1) is 31.1 Å². The number of hydrogen-bond acceptors (Lipinski definition) is 6. The molecule has 2 N–H and O–H groups in total. The van der Waals surface area contributed by atoms with Gasteiger partial charge in [-0.05, 0) is 57.1 Å². The molecule has 3 rings (SSSR count). The molecule has 0 unspecified atom stereocenters. The van der Waals surface area contributed by atoms with Crippen LogP contribution in [0.4, 0.5) is 5.00 Å². The number of hydrogen-bond donors (Lipinski definition) is 2. The van der Waals surface area contributed by atoms with E-state index in [-0.39, 0.29) is 11.5 Å². The van der Waals surface area contributed by atoms with Crippen LogP contribution in [0.15, 0.2) is 0 Å². The van der Waals surface area contributed by atoms with Gasteiger partial charge in [-0.2, -0.15) is 5.26 Å². The largest absolute Gasteiger partial charge is 0.451 e. The minimum absolute atomic E-state index is 0.145. The number of rotatable bonds is 5. The number of aryl methyl sites for hydroxylation is 1. The first kappa shape index (κ1) is 20.8. The van der Waals surface area contributed by atoms with Crippen LogP contribution in [0.3, 0.4) is 0 Å². The lowest BCUT2D eigenvalue weighted by molar-refractivity contribution is -0.119. The number of Topliss-reactive ketones (excluding diaryl/α,β-unsaturated/α-hetero) is 1. The fourth-order valence-electron chi connectivity index (χ4n) is 3.81. The predicted molar refractivity (Wildman–Crippen MR) is 109 cm³/mol. The summed E-state index contributed by atoms with van der Waals surface area (Å²) in [5, 5.41) is 12.7. The Morgan fingerprint density at radius 3 is 2.69 bits per heavy atom. The van der Waals surface area contributed by atoms with Crippen molar-refractivity contribution in [3.63, 3.8) is 0 Å². The van der Waals surface area contributed by atoms with Gasteiger partial charge < -0.3 is 15.0 Å². The van der Waals surface area contributed by atoms with Crippen molar-refractivity contribution in [3.8, 4) is 6.07 Å². The van der Waals surface area contributed by atoms with Gasteiger partial charge in [-0.15, -0.1) is 11.3 Å². The maximum Gasteiger partial charge on any atom is 0.355 e. The minimum Gasteiger partial charge on any atom is -0.451 e. The van der Waals surface area contributed by atoms with Crippen LogP contribution in [0.25, 0.3) is 0 Å². The maximum atomic E-state index is 12.3. The number of fused-ring (bicyclic) bond motifs is 1. The van der Waals surface area contributed by atoms with E-state index >= 15 is 0 Å². The molecule has 0 aliphatic heterocycles.